The van der Waals surface area contributed by atoms with Gasteiger partial charge in [-0.1, -0.05) is 0 Å². The van der Waals surface area contributed by atoms with Crippen LogP contribution in [0.15, 0.2) is 18.2 Å². The highest BCUT2D eigenvalue weighted by atomic mass is 16.5. The third-order valence-electron chi connectivity index (χ3n) is 2.98. The SMILES string of the molecule is CCOCCN(CCOCC)c1ccc(N)cc1C. The molecule has 0 atom stereocenters. The van der Waals surface area contributed by atoms with E-state index in [2.05, 4.69) is 17.9 Å². The van der Waals surface area contributed by atoms with E-state index in [9.17, 15) is 0 Å². The van der Waals surface area contributed by atoms with E-state index >= 15 is 0 Å². The van der Waals surface area contributed by atoms with Crippen molar-refractivity contribution in [3.8, 4) is 0 Å². The molecule has 0 unspecified atom stereocenters. The highest BCUT2D eigenvalue weighted by Crippen LogP contribution is 2.22. The molecule has 4 heteroatoms. The summed E-state index contributed by atoms with van der Waals surface area (Å²) in [6.07, 6.45) is 0. The molecule has 0 heterocycles. The average Bonchev–Trinajstić information content (AvgIpc) is 2.38. The number of nitrogens with two attached hydrogens (primary N) is 1. The Labute approximate surface area is 116 Å². The number of rotatable bonds is 9. The van der Waals surface area contributed by atoms with Gasteiger partial charge in [0.1, 0.15) is 0 Å². The summed E-state index contributed by atoms with van der Waals surface area (Å²) in [7, 11) is 0. The summed E-state index contributed by atoms with van der Waals surface area (Å²) in [6.45, 7) is 10.8. The molecule has 0 aliphatic heterocycles. The van der Waals surface area contributed by atoms with Gasteiger partial charge in [0.25, 0.3) is 0 Å². The lowest BCUT2D eigenvalue weighted by molar-refractivity contribution is 0.141. The summed E-state index contributed by atoms with van der Waals surface area (Å²) >= 11 is 0. The van der Waals surface area contributed by atoms with Gasteiger partial charge in [-0.2, -0.15) is 0 Å². The lowest BCUT2D eigenvalue weighted by atomic mass is 10.1. The number of benzene rings is 1. The average molecular weight is 266 g/mol. The molecule has 0 aliphatic carbocycles. The molecule has 0 spiro atoms. The number of nitrogen functional groups attached to an aromatic ring is 1. The van der Waals surface area contributed by atoms with E-state index < -0.39 is 0 Å². The molecule has 0 aliphatic rings. The van der Waals surface area contributed by atoms with E-state index in [1.54, 1.807) is 0 Å². The quantitative estimate of drug-likeness (QED) is 0.551. The molecular formula is C15H26N2O2. The van der Waals surface area contributed by atoms with Crippen molar-refractivity contribution in [1.82, 2.24) is 0 Å². The molecule has 1 aromatic rings. The van der Waals surface area contributed by atoms with E-state index in [-0.39, 0.29) is 0 Å². The zero-order valence-corrected chi connectivity index (χ0v) is 12.3. The summed E-state index contributed by atoms with van der Waals surface area (Å²) in [5.41, 5.74) is 9.00. The number of anilines is 2. The highest BCUT2D eigenvalue weighted by molar-refractivity contribution is 5.59. The predicted octanol–water partition coefficient (Wildman–Crippen LogP) is 2.46. The Kier molecular flexibility index (Phi) is 7.30. The van der Waals surface area contributed by atoms with Gasteiger partial charge in [-0.15, -0.1) is 0 Å². The largest absolute Gasteiger partial charge is 0.399 e. The van der Waals surface area contributed by atoms with Crippen LogP contribution in [0.25, 0.3) is 0 Å². The maximum absolute atomic E-state index is 5.80. The van der Waals surface area contributed by atoms with E-state index in [0.29, 0.717) is 0 Å². The fraction of sp³-hybridized carbons (Fsp3) is 0.600. The maximum Gasteiger partial charge on any atom is 0.0641 e. The van der Waals surface area contributed by atoms with Crippen molar-refractivity contribution >= 4 is 11.4 Å². The van der Waals surface area contributed by atoms with Crippen LogP contribution < -0.4 is 10.6 Å². The van der Waals surface area contributed by atoms with Gasteiger partial charge in [0.05, 0.1) is 13.2 Å². The van der Waals surface area contributed by atoms with Gasteiger partial charge in [0, 0.05) is 37.7 Å². The van der Waals surface area contributed by atoms with E-state index in [1.165, 1.54) is 11.3 Å². The van der Waals surface area contributed by atoms with E-state index in [0.717, 1.165) is 45.2 Å². The number of hydrogen-bond donors (Lipinski definition) is 1. The van der Waals surface area contributed by atoms with Crippen LogP contribution in [0.1, 0.15) is 19.4 Å². The van der Waals surface area contributed by atoms with Crippen molar-refractivity contribution in [2.24, 2.45) is 0 Å². The molecule has 1 rings (SSSR count). The topological polar surface area (TPSA) is 47.7 Å². The van der Waals surface area contributed by atoms with Crippen molar-refractivity contribution < 1.29 is 9.47 Å². The molecular weight excluding hydrogens is 240 g/mol. The van der Waals surface area contributed by atoms with Crippen LogP contribution in [0.5, 0.6) is 0 Å². The highest BCUT2D eigenvalue weighted by Gasteiger charge is 2.09. The molecule has 19 heavy (non-hydrogen) atoms. The van der Waals surface area contributed by atoms with Gasteiger partial charge in [0.2, 0.25) is 0 Å². The van der Waals surface area contributed by atoms with Gasteiger partial charge in [0.15, 0.2) is 0 Å². The van der Waals surface area contributed by atoms with Crippen molar-refractivity contribution in [2.75, 3.05) is 50.2 Å². The first kappa shape index (κ1) is 15.8. The molecule has 0 aromatic heterocycles. The fourth-order valence-electron chi connectivity index (χ4n) is 2.02. The Morgan fingerprint density at radius 1 is 1.05 bits per heavy atom. The Morgan fingerprint density at radius 2 is 1.63 bits per heavy atom. The summed E-state index contributed by atoms with van der Waals surface area (Å²) in [6, 6.07) is 6.02. The zero-order chi connectivity index (χ0) is 14.1. The minimum absolute atomic E-state index is 0.729. The first-order chi connectivity index (χ1) is 9.19. The first-order valence-electron chi connectivity index (χ1n) is 6.95. The lowest BCUT2D eigenvalue weighted by Gasteiger charge is -2.26. The molecule has 108 valence electrons. The van der Waals surface area contributed by atoms with Crippen LogP contribution >= 0.6 is 0 Å². The molecule has 4 nitrogen and oxygen atoms in total. The molecule has 0 saturated heterocycles. The fourth-order valence-corrected chi connectivity index (χ4v) is 2.02. The second-order valence-corrected chi connectivity index (χ2v) is 4.43. The monoisotopic (exact) mass is 266 g/mol. The van der Waals surface area contributed by atoms with Gasteiger partial charge in [-0.3, -0.25) is 0 Å². The van der Waals surface area contributed by atoms with Crippen LogP contribution in [0, 0.1) is 6.92 Å². The molecule has 2 N–H and O–H groups in total. The number of nitrogens with zero attached hydrogens (tertiary/aromatic N) is 1. The minimum atomic E-state index is 0.729. The molecule has 0 amide bonds. The second-order valence-electron chi connectivity index (χ2n) is 4.43. The molecule has 0 saturated carbocycles. The predicted molar refractivity (Wildman–Crippen MR) is 80.8 cm³/mol. The lowest BCUT2D eigenvalue weighted by Crippen LogP contribution is -2.31. The van der Waals surface area contributed by atoms with Crippen molar-refractivity contribution in [2.45, 2.75) is 20.8 Å². The molecule has 0 fully saturated rings. The van der Waals surface area contributed by atoms with Crippen LogP contribution in [0.4, 0.5) is 11.4 Å². The normalized spacial score (nSPS) is 10.7. The van der Waals surface area contributed by atoms with Gasteiger partial charge in [-0.25, -0.2) is 0 Å². The maximum atomic E-state index is 5.80. The second kappa shape index (κ2) is 8.77. The summed E-state index contributed by atoms with van der Waals surface area (Å²) in [5, 5.41) is 0. The summed E-state index contributed by atoms with van der Waals surface area (Å²) < 4.78 is 10.9. The number of hydrogen-bond acceptors (Lipinski definition) is 4. The third kappa shape index (κ3) is 5.49. The van der Waals surface area contributed by atoms with Crippen LogP contribution in [0.3, 0.4) is 0 Å². The molecule has 0 radical (unpaired) electrons. The van der Waals surface area contributed by atoms with Gasteiger partial charge in [-0.05, 0) is 44.5 Å². The van der Waals surface area contributed by atoms with E-state index in [1.807, 2.05) is 26.0 Å². The van der Waals surface area contributed by atoms with Crippen LogP contribution in [0.2, 0.25) is 0 Å². The summed E-state index contributed by atoms with van der Waals surface area (Å²) in [5.74, 6) is 0. The van der Waals surface area contributed by atoms with E-state index in [4.69, 9.17) is 15.2 Å². The zero-order valence-electron chi connectivity index (χ0n) is 12.3. The van der Waals surface area contributed by atoms with Crippen LogP contribution in [-0.4, -0.2) is 39.5 Å². The molecule has 1 aromatic carbocycles. The smallest absolute Gasteiger partial charge is 0.0641 e. The Bertz CT molecular complexity index is 359. The van der Waals surface area contributed by atoms with Crippen molar-refractivity contribution in [3.63, 3.8) is 0 Å². The third-order valence-corrected chi connectivity index (χ3v) is 2.98. The Balaban J connectivity index is 2.69. The minimum Gasteiger partial charge on any atom is -0.399 e. The Hall–Kier alpha value is -1.26. The standard InChI is InChI=1S/C15H26N2O2/c1-4-18-10-8-17(9-11-19-5-2)15-7-6-14(16)12-13(15)3/h6-7,12H,4-5,8-11,16H2,1-3H3. The number of ether oxygens (including phenoxy) is 2. The van der Waals surface area contributed by atoms with Gasteiger partial charge < -0.3 is 20.1 Å². The first-order valence-corrected chi connectivity index (χ1v) is 6.95. The van der Waals surface area contributed by atoms with Crippen LogP contribution in [-0.2, 0) is 9.47 Å². The number of aryl methyl sites for hydroxylation is 1. The molecule has 0 bridgehead atoms. The summed E-state index contributed by atoms with van der Waals surface area (Å²) in [4.78, 5) is 2.29. The van der Waals surface area contributed by atoms with Crippen molar-refractivity contribution in [1.29, 1.82) is 0 Å². The Morgan fingerprint density at radius 3 is 2.11 bits per heavy atom. The van der Waals surface area contributed by atoms with Crippen molar-refractivity contribution in [3.05, 3.63) is 23.8 Å². The van der Waals surface area contributed by atoms with Gasteiger partial charge >= 0.3 is 0 Å².